The first-order chi connectivity index (χ1) is 12.8. The third-order valence-corrected chi connectivity index (χ3v) is 5.14. The molecule has 1 aromatic rings. The van der Waals surface area contributed by atoms with Gasteiger partial charge in [0, 0.05) is 25.5 Å². The molecule has 5 nitrogen and oxygen atoms in total. The largest absolute Gasteiger partial charge is 0.354 e. The van der Waals surface area contributed by atoms with Crippen LogP contribution >= 0.6 is 0 Å². The van der Waals surface area contributed by atoms with Gasteiger partial charge in [-0.15, -0.1) is 0 Å². The highest BCUT2D eigenvalue weighted by atomic mass is 16.1. The number of allylic oxidation sites excluding steroid dienone is 2. The van der Waals surface area contributed by atoms with Crippen LogP contribution in [0.2, 0.25) is 0 Å². The molecule has 0 saturated carbocycles. The zero-order valence-corrected chi connectivity index (χ0v) is 15.6. The van der Waals surface area contributed by atoms with Crippen LogP contribution in [-0.4, -0.2) is 29.0 Å². The van der Waals surface area contributed by atoms with Crippen molar-refractivity contribution < 1.29 is 4.79 Å². The van der Waals surface area contributed by atoms with Gasteiger partial charge in [0.05, 0.1) is 5.56 Å². The van der Waals surface area contributed by atoms with Crippen LogP contribution in [0.25, 0.3) is 0 Å². The molecule has 0 aliphatic heterocycles. The van der Waals surface area contributed by atoms with E-state index in [0.29, 0.717) is 18.1 Å². The third-order valence-electron chi connectivity index (χ3n) is 5.14. The molecule has 2 aliphatic carbocycles. The maximum Gasteiger partial charge on any atom is 0.254 e. The second kappa shape index (κ2) is 10.1. The Morgan fingerprint density at radius 3 is 2.08 bits per heavy atom. The summed E-state index contributed by atoms with van der Waals surface area (Å²) in [6.45, 7) is 1.52. The number of aromatic nitrogens is 2. The Hall–Kier alpha value is -2.17. The lowest BCUT2D eigenvalue weighted by atomic mass is 9.97. The second-order valence-electron chi connectivity index (χ2n) is 7.19. The molecular weight excluding hydrogens is 324 g/mol. The smallest absolute Gasteiger partial charge is 0.254 e. The first kappa shape index (κ1) is 18.6. The Morgan fingerprint density at radius 2 is 1.50 bits per heavy atom. The Morgan fingerprint density at radius 1 is 0.885 bits per heavy atom. The third kappa shape index (κ3) is 5.97. The van der Waals surface area contributed by atoms with Gasteiger partial charge in [-0.05, 0) is 64.2 Å². The number of nitrogens with one attached hydrogen (secondary N) is 2. The highest BCUT2D eigenvalue weighted by Crippen LogP contribution is 2.20. The first-order valence-electron chi connectivity index (χ1n) is 10.0. The Bertz CT molecular complexity index is 648. The van der Waals surface area contributed by atoms with E-state index in [0.717, 1.165) is 19.4 Å². The number of carbonyl (C=O) groups is 1. The van der Waals surface area contributed by atoms with Gasteiger partial charge in [-0.3, -0.25) is 4.79 Å². The van der Waals surface area contributed by atoms with Crippen LogP contribution in [0.3, 0.4) is 0 Å². The summed E-state index contributed by atoms with van der Waals surface area (Å²) in [6.07, 6.45) is 19.9. The SMILES string of the molecule is O=C(NCCC1=CCCCC1)c1cnc(NCCC2=CCCCC2)nc1. The van der Waals surface area contributed by atoms with E-state index in [1.165, 1.54) is 62.5 Å². The molecule has 1 aromatic heterocycles. The molecule has 140 valence electrons. The van der Waals surface area contributed by atoms with Gasteiger partial charge in [-0.2, -0.15) is 0 Å². The van der Waals surface area contributed by atoms with Crippen molar-refractivity contribution in [3.8, 4) is 0 Å². The molecule has 2 N–H and O–H groups in total. The fourth-order valence-corrected chi connectivity index (χ4v) is 3.57. The monoisotopic (exact) mass is 354 g/mol. The van der Waals surface area contributed by atoms with Crippen LogP contribution in [0.1, 0.15) is 74.6 Å². The lowest BCUT2D eigenvalue weighted by Crippen LogP contribution is -2.25. The number of rotatable bonds is 8. The number of carbonyl (C=O) groups excluding carboxylic acids is 1. The molecule has 1 heterocycles. The number of anilines is 1. The maximum atomic E-state index is 12.2. The van der Waals surface area contributed by atoms with Crippen molar-refractivity contribution in [3.63, 3.8) is 0 Å². The fraction of sp³-hybridized carbons (Fsp3) is 0.571. The van der Waals surface area contributed by atoms with Crippen molar-refractivity contribution in [2.75, 3.05) is 18.4 Å². The van der Waals surface area contributed by atoms with Gasteiger partial charge in [0.25, 0.3) is 5.91 Å². The molecule has 0 saturated heterocycles. The van der Waals surface area contributed by atoms with Gasteiger partial charge in [0.1, 0.15) is 0 Å². The van der Waals surface area contributed by atoms with Gasteiger partial charge in [0.15, 0.2) is 0 Å². The molecule has 0 aromatic carbocycles. The van der Waals surface area contributed by atoms with Gasteiger partial charge < -0.3 is 10.6 Å². The van der Waals surface area contributed by atoms with Gasteiger partial charge in [-0.25, -0.2) is 9.97 Å². The topological polar surface area (TPSA) is 66.9 Å². The average molecular weight is 354 g/mol. The molecule has 0 radical (unpaired) electrons. The summed E-state index contributed by atoms with van der Waals surface area (Å²) in [5.74, 6) is 0.491. The highest BCUT2D eigenvalue weighted by molar-refractivity contribution is 5.93. The minimum Gasteiger partial charge on any atom is -0.354 e. The van der Waals surface area contributed by atoms with Crippen LogP contribution in [0, 0.1) is 0 Å². The first-order valence-corrected chi connectivity index (χ1v) is 10.0. The molecule has 0 fully saturated rings. The zero-order chi connectivity index (χ0) is 18.0. The van der Waals surface area contributed by atoms with E-state index in [4.69, 9.17) is 0 Å². The van der Waals surface area contributed by atoms with Crippen molar-refractivity contribution >= 4 is 11.9 Å². The molecule has 2 aliphatic rings. The maximum absolute atomic E-state index is 12.2. The van der Waals surface area contributed by atoms with Gasteiger partial charge in [-0.1, -0.05) is 23.3 Å². The molecular formula is C21H30N4O. The molecule has 5 heteroatoms. The van der Waals surface area contributed by atoms with Crippen molar-refractivity contribution in [1.29, 1.82) is 0 Å². The lowest BCUT2D eigenvalue weighted by Gasteiger charge is -2.13. The standard InChI is InChI=1S/C21H30N4O/c26-20(22-13-11-17-7-3-1-4-8-17)19-15-24-21(25-16-19)23-14-12-18-9-5-2-6-10-18/h7,9,15-16H,1-6,8,10-14H2,(H,22,26)(H,23,24,25). The summed E-state index contributed by atoms with van der Waals surface area (Å²) >= 11 is 0. The summed E-state index contributed by atoms with van der Waals surface area (Å²) in [7, 11) is 0. The predicted octanol–water partition coefficient (Wildman–Crippen LogP) is 4.40. The van der Waals surface area contributed by atoms with Crippen LogP contribution in [0.5, 0.6) is 0 Å². The minimum atomic E-state index is -0.0969. The molecule has 1 amide bonds. The second-order valence-corrected chi connectivity index (χ2v) is 7.19. The zero-order valence-electron chi connectivity index (χ0n) is 15.6. The summed E-state index contributed by atoms with van der Waals surface area (Å²) in [5, 5.41) is 6.21. The van der Waals surface area contributed by atoms with E-state index in [-0.39, 0.29) is 5.91 Å². The van der Waals surface area contributed by atoms with E-state index < -0.39 is 0 Å². The lowest BCUT2D eigenvalue weighted by molar-refractivity contribution is 0.0953. The van der Waals surface area contributed by atoms with Crippen LogP contribution in [-0.2, 0) is 0 Å². The van der Waals surface area contributed by atoms with Crippen LogP contribution in [0.4, 0.5) is 5.95 Å². The number of hydrogen-bond donors (Lipinski definition) is 2. The molecule has 0 atom stereocenters. The summed E-state index contributed by atoms with van der Waals surface area (Å²) in [6, 6.07) is 0. The molecule has 0 unspecified atom stereocenters. The minimum absolute atomic E-state index is 0.0969. The Balaban J connectivity index is 1.38. The average Bonchev–Trinajstić information content (AvgIpc) is 2.70. The molecule has 0 spiro atoms. The summed E-state index contributed by atoms with van der Waals surface area (Å²) in [4.78, 5) is 20.7. The molecule has 3 rings (SSSR count). The normalized spacial score (nSPS) is 17.2. The number of hydrogen-bond acceptors (Lipinski definition) is 4. The summed E-state index contributed by atoms with van der Waals surface area (Å²) in [5.41, 5.74) is 3.52. The van der Waals surface area contributed by atoms with E-state index >= 15 is 0 Å². The van der Waals surface area contributed by atoms with Gasteiger partial charge >= 0.3 is 0 Å². The van der Waals surface area contributed by atoms with Crippen LogP contribution in [0.15, 0.2) is 35.7 Å². The van der Waals surface area contributed by atoms with E-state index in [9.17, 15) is 4.79 Å². The number of nitrogens with zero attached hydrogens (tertiary/aromatic N) is 2. The van der Waals surface area contributed by atoms with E-state index in [1.54, 1.807) is 12.4 Å². The van der Waals surface area contributed by atoms with Crippen molar-refractivity contribution in [1.82, 2.24) is 15.3 Å². The number of amides is 1. The van der Waals surface area contributed by atoms with E-state index in [2.05, 4.69) is 32.8 Å². The quantitative estimate of drug-likeness (QED) is 0.679. The van der Waals surface area contributed by atoms with Crippen molar-refractivity contribution in [2.45, 2.75) is 64.2 Å². The highest BCUT2D eigenvalue weighted by Gasteiger charge is 2.09. The van der Waals surface area contributed by atoms with Gasteiger partial charge in [0.2, 0.25) is 5.95 Å². The predicted molar refractivity (Wildman–Crippen MR) is 105 cm³/mol. The Labute approximate surface area is 156 Å². The fourth-order valence-electron chi connectivity index (χ4n) is 3.57. The van der Waals surface area contributed by atoms with Crippen LogP contribution < -0.4 is 10.6 Å². The Kier molecular flexibility index (Phi) is 7.23. The van der Waals surface area contributed by atoms with Crippen molar-refractivity contribution in [2.24, 2.45) is 0 Å². The van der Waals surface area contributed by atoms with Crippen molar-refractivity contribution in [3.05, 3.63) is 41.3 Å². The molecule has 0 bridgehead atoms. The molecule has 26 heavy (non-hydrogen) atoms. The summed E-state index contributed by atoms with van der Waals surface area (Å²) < 4.78 is 0. The van der Waals surface area contributed by atoms with E-state index in [1.807, 2.05) is 0 Å².